The van der Waals surface area contributed by atoms with E-state index in [1.54, 1.807) is 13.8 Å². The first kappa shape index (κ1) is 16.6. The number of carbonyl (C=O) groups excluding carboxylic acids is 1. The molecule has 0 aliphatic carbocycles. The van der Waals surface area contributed by atoms with Crippen LogP contribution in [-0.4, -0.2) is 35.8 Å². The number of methoxy groups -OCH3 is 1. The predicted octanol–water partition coefficient (Wildman–Crippen LogP) is 2.13. The molecule has 1 atom stereocenters. The highest BCUT2D eigenvalue weighted by Gasteiger charge is 2.23. The van der Waals surface area contributed by atoms with Gasteiger partial charge in [-0.2, -0.15) is 0 Å². The number of rotatable bonds is 5. The maximum Gasteiger partial charge on any atom is 0.329 e. The number of thiophene rings is 1. The van der Waals surface area contributed by atoms with Crippen molar-refractivity contribution in [3.05, 3.63) is 26.6 Å². The van der Waals surface area contributed by atoms with E-state index in [0.29, 0.717) is 22.6 Å². The quantitative estimate of drug-likeness (QED) is 0.622. The summed E-state index contributed by atoms with van der Waals surface area (Å²) >= 11 is 1.50. The average molecular weight is 324 g/mol. The van der Waals surface area contributed by atoms with Crippen molar-refractivity contribution in [1.29, 1.82) is 0 Å². The summed E-state index contributed by atoms with van der Waals surface area (Å²) in [6.07, 6.45) is 0. The molecule has 7 heteroatoms. The first-order chi connectivity index (χ1) is 10.4. The third-order valence-corrected chi connectivity index (χ3v) is 4.77. The zero-order chi connectivity index (χ0) is 16.4. The van der Waals surface area contributed by atoms with E-state index in [0.717, 1.165) is 10.4 Å². The summed E-state index contributed by atoms with van der Waals surface area (Å²) in [5.41, 5.74) is 0.728. The lowest BCUT2D eigenvalue weighted by Crippen LogP contribution is -2.32. The van der Waals surface area contributed by atoms with Crippen molar-refractivity contribution in [2.75, 3.05) is 20.3 Å². The molecule has 0 saturated carbocycles. The maximum atomic E-state index is 12.8. The molecule has 0 aliphatic heterocycles. The Morgan fingerprint density at radius 1 is 1.32 bits per heavy atom. The summed E-state index contributed by atoms with van der Waals surface area (Å²) in [6, 6.07) is -0.721. The zero-order valence-electron chi connectivity index (χ0n) is 13.4. The SMILES string of the molecule is COCCOC(=O)C(C)n1c(C)nc2sc(C)c(C)c2c1=O. The first-order valence-electron chi connectivity index (χ1n) is 7.02. The molecule has 120 valence electrons. The fourth-order valence-electron chi connectivity index (χ4n) is 2.32. The Morgan fingerprint density at radius 3 is 2.64 bits per heavy atom. The molecule has 2 heterocycles. The van der Waals surface area contributed by atoms with Gasteiger partial charge in [-0.05, 0) is 33.3 Å². The van der Waals surface area contributed by atoms with Gasteiger partial charge < -0.3 is 9.47 Å². The second kappa shape index (κ2) is 6.58. The lowest BCUT2D eigenvalue weighted by molar-refractivity contribution is -0.148. The molecule has 2 aromatic rings. The number of hydrogen-bond donors (Lipinski definition) is 0. The van der Waals surface area contributed by atoms with Gasteiger partial charge in [0.2, 0.25) is 0 Å². The Bertz CT molecular complexity index is 763. The van der Waals surface area contributed by atoms with Gasteiger partial charge in [0.15, 0.2) is 0 Å². The fraction of sp³-hybridized carbons (Fsp3) is 0.533. The normalized spacial score (nSPS) is 12.6. The Labute approximate surface area is 132 Å². The lowest BCUT2D eigenvalue weighted by atomic mass is 10.2. The number of carbonyl (C=O) groups is 1. The standard InChI is InChI=1S/C15H20N2O4S/c1-8-10(3)22-13-12(8)14(18)17(11(4)16-13)9(2)15(19)21-7-6-20-5/h9H,6-7H2,1-5H3. The second-order valence-corrected chi connectivity index (χ2v) is 6.34. The zero-order valence-corrected chi connectivity index (χ0v) is 14.2. The summed E-state index contributed by atoms with van der Waals surface area (Å²) < 4.78 is 11.4. The molecule has 0 aliphatic rings. The van der Waals surface area contributed by atoms with Crippen LogP contribution in [0.25, 0.3) is 10.2 Å². The number of ether oxygens (including phenoxy) is 2. The minimum absolute atomic E-state index is 0.166. The summed E-state index contributed by atoms with van der Waals surface area (Å²) in [5.74, 6) is 0.0444. The smallest absolute Gasteiger partial charge is 0.329 e. The summed E-state index contributed by atoms with van der Waals surface area (Å²) in [4.78, 5) is 31.1. The van der Waals surface area contributed by atoms with Crippen LogP contribution in [0, 0.1) is 20.8 Å². The van der Waals surface area contributed by atoms with E-state index in [2.05, 4.69) is 4.98 Å². The molecule has 22 heavy (non-hydrogen) atoms. The minimum atomic E-state index is -0.721. The largest absolute Gasteiger partial charge is 0.462 e. The Hall–Kier alpha value is -1.73. The topological polar surface area (TPSA) is 70.4 Å². The molecule has 2 aromatic heterocycles. The average Bonchev–Trinajstić information content (AvgIpc) is 2.73. The molecular weight excluding hydrogens is 304 g/mol. The van der Waals surface area contributed by atoms with Crippen LogP contribution in [-0.2, 0) is 14.3 Å². The third kappa shape index (κ3) is 2.91. The molecule has 0 amide bonds. The van der Waals surface area contributed by atoms with E-state index >= 15 is 0 Å². The van der Waals surface area contributed by atoms with E-state index in [1.165, 1.54) is 23.0 Å². The monoisotopic (exact) mass is 324 g/mol. The van der Waals surface area contributed by atoms with Gasteiger partial charge in [-0.1, -0.05) is 0 Å². The van der Waals surface area contributed by atoms with Gasteiger partial charge in [0.25, 0.3) is 5.56 Å². The molecule has 1 unspecified atom stereocenters. The van der Waals surface area contributed by atoms with Gasteiger partial charge in [0.1, 0.15) is 23.3 Å². The van der Waals surface area contributed by atoms with Crippen molar-refractivity contribution >= 4 is 27.5 Å². The van der Waals surface area contributed by atoms with E-state index in [1.807, 2.05) is 13.8 Å². The third-order valence-electron chi connectivity index (χ3n) is 3.67. The maximum absolute atomic E-state index is 12.8. The van der Waals surface area contributed by atoms with Crippen LogP contribution in [0.3, 0.4) is 0 Å². The molecule has 2 rings (SSSR count). The van der Waals surface area contributed by atoms with E-state index in [9.17, 15) is 9.59 Å². The van der Waals surface area contributed by atoms with Gasteiger partial charge in [0.05, 0.1) is 12.0 Å². The van der Waals surface area contributed by atoms with Gasteiger partial charge in [-0.25, -0.2) is 9.78 Å². The van der Waals surface area contributed by atoms with Crippen LogP contribution in [0.5, 0.6) is 0 Å². The van der Waals surface area contributed by atoms with E-state index in [-0.39, 0.29) is 12.2 Å². The summed E-state index contributed by atoms with van der Waals surface area (Å²) in [6.45, 7) is 7.73. The van der Waals surface area contributed by atoms with Crippen LogP contribution >= 0.6 is 11.3 Å². The number of esters is 1. The summed E-state index contributed by atoms with van der Waals surface area (Å²) in [7, 11) is 1.53. The van der Waals surface area contributed by atoms with Crippen LogP contribution in [0.15, 0.2) is 4.79 Å². The molecule has 6 nitrogen and oxygen atoms in total. The second-order valence-electron chi connectivity index (χ2n) is 5.13. The van der Waals surface area contributed by atoms with Crippen LogP contribution in [0.2, 0.25) is 0 Å². The Morgan fingerprint density at radius 2 is 2.00 bits per heavy atom. The van der Waals surface area contributed by atoms with Crippen molar-refractivity contribution in [2.24, 2.45) is 0 Å². The number of aryl methyl sites for hydroxylation is 3. The van der Waals surface area contributed by atoms with Gasteiger partial charge >= 0.3 is 5.97 Å². The highest BCUT2D eigenvalue weighted by molar-refractivity contribution is 7.18. The summed E-state index contributed by atoms with van der Waals surface area (Å²) in [5, 5.41) is 0.588. The van der Waals surface area contributed by atoms with Gasteiger partial charge in [-0.15, -0.1) is 11.3 Å². The Kier molecular flexibility index (Phi) is 4.97. The lowest BCUT2D eigenvalue weighted by Gasteiger charge is -2.16. The molecule has 0 aromatic carbocycles. The number of hydrogen-bond acceptors (Lipinski definition) is 6. The molecule has 0 fully saturated rings. The van der Waals surface area contributed by atoms with Gasteiger partial charge in [-0.3, -0.25) is 9.36 Å². The number of aromatic nitrogens is 2. The highest BCUT2D eigenvalue weighted by Crippen LogP contribution is 2.26. The first-order valence-corrected chi connectivity index (χ1v) is 7.84. The van der Waals surface area contributed by atoms with Crippen LogP contribution < -0.4 is 5.56 Å². The highest BCUT2D eigenvalue weighted by atomic mass is 32.1. The number of fused-ring (bicyclic) bond motifs is 1. The fourth-order valence-corrected chi connectivity index (χ4v) is 3.38. The van der Waals surface area contributed by atoms with Crippen LogP contribution in [0.4, 0.5) is 0 Å². The van der Waals surface area contributed by atoms with Crippen LogP contribution in [0.1, 0.15) is 29.2 Å². The van der Waals surface area contributed by atoms with Gasteiger partial charge in [0, 0.05) is 12.0 Å². The minimum Gasteiger partial charge on any atom is -0.462 e. The molecule has 0 N–H and O–H groups in total. The Balaban J connectivity index is 2.44. The number of nitrogens with zero attached hydrogens (tertiary/aromatic N) is 2. The van der Waals surface area contributed by atoms with E-state index < -0.39 is 12.0 Å². The van der Waals surface area contributed by atoms with Crippen molar-refractivity contribution < 1.29 is 14.3 Å². The van der Waals surface area contributed by atoms with Crippen molar-refractivity contribution in [3.63, 3.8) is 0 Å². The van der Waals surface area contributed by atoms with Crippen molar-refractivity contribution in [2.45, 2.75) is 33.7 Å². The van der Waals surface area contributed by atoms with Crippen molar-refractivity contribution in [3.8, 4) is 0 Å². The molecular formula is C15H20N2O4S. The molecule has 0 radical (unpaired) electrons. The molecule has 0 bridgehead atoms. The van der Waals surface area contributed by atoms with E-state index in [4.69, 9.17) is 9.47 Å². The van der Waals surface area contributed by atoms with Crippen molar-refractivity contribution in [1.82, 2.24) is 9.55 Å². The predicted molar refractivity (Wildman–Crippen MR) is 85.6 cm³/mol. The molecule has 0 spiro atoms. The molecule has 0 saturated heterocycles.